The summed E-state index contributed by atoms with van der Waals surface area (Å²) in [5, 5.41) is 21.1. The number of tetrazole rings is 1. The fourth-order valence-corrected chi connectivity index (χ4v) is 5.91. The number of aromatic nitrogens is 4. The maximum Gasteiger partial charge on any atom is 0.327 e. The lowest BCUT2D eigenvalue weighted by Crippen LogP contribution is -2.58. The molecule has 3 atom stereocenters. The maximum atomic E-state index is 13.0. The van der Waals surface area contributed by atoms with Gasteiger partial charge < -0.3 is 19.5 Å². The molecule has 0 spiro atoms. The second kappa shape index (κ2) is 8.71. The molecule has 166 valence electrons. The van der Waals surface area contributed by atoms with Crippen molar-refractivity contribution in [3.05, 3.63) is 0 Å². The number of amides is 1. The Balaban J connectivity index is 1.65. The molecule has 1 aromatic heterocycles. The lowest BCUT2D eigenvalue weighted by molar-refractivity contribution is -0.174. The molecule has 0 saturated carbocycles. The summed E-state index contributed by atoms with van der Waals surface area (Å²) in [7, 11) is 1.72. The molecule has 2 saturated heterocycles. The van der Waals surface area contributed by atoms with Crippen LogP contribution in [0.4, 0.5) is 0 Å². The molecule has 2 aliphatic heterocycles. The summed E-state index contributed by atoms with van der Waals surface area (Å²) in [5.74, 6) is -1.21. The van der Waals surface area contributed by atoms with E-state index >= 15 is 0 Å². The first kappa shape index (κ1) is 22.8. The molecule has 11 nitrogen and oxygen atoms in total. The third kappa shape index (κ3) is 4.42. The summed E-state index contributed by atoms with van der Waals surface area (Å²) in [4.78, 5) is 38.7. The first-order valence-corrected chi connectivity index (χ1v) is 11.2. The van der Waals surface area contributed by atoms with E-state index in [9.17, 15) is 19.5 Å². The van der Waals surface area contributed by atoms with Crippen LogP contribution in [0.2, 0.25) is 0 Å². The van der Waals surface area contributed by atoms with E-state index in [1.165, 1.54) is 28.2 Å². The number of rotatable bonds is 8. The van der Waals surface area contributed by atoms with Gasteiger partial charge in [-0.1, -0.05) is 11.8 Å². The summed E-state index contributed by atoms with van der Waals surface area (Å²) >= 11 is 2.70. The molecule has 1 unspecified atom stereocenters. The van der Waals surface area contributed by atoms with Crippen LogP contribution in [0.25, 0.3) is 0 Å². The zero-order valence-corrected chi connectivity index (χ0v) is 18.9. The number of esters is 2. The van der Waals surface area contributed by atoms with Gasteiger partial charge >= 0.3 is 11.9 Å². The number of fused-ring (bicyclic) bond motifs is 1. The van der Waals surface area contributed by atoms with Gasteiger partial charge in [0.1, 0.15) is 4.75 Å². The number of hydrogen-bond acceptors (Lipinski definition) is 11. The summed E-state index contributed by atoms with van der Waals surface area (Å²) in [5.41, 5.74) is -0.710. The molecule has 0 aromatic carbocycles. The van der Waals surface area contributed by atoms with Crippen molar-refractivity contribution in [1.82, 2.24) is 25.1 Å². The van der Waals surface area contributed by atoms with E-state index in [4.69, 9.17) is 9.47 Å². The van der Waals surface area contributed by atoms with E-state index in [0.29, 0.717) is 17.3 Å². The van der Waals surface area contributed by atoms with Gasteiger partial charge in [0.15, 0.2) is 0 Å². The van der Waals surface area contributed by atoms with Gasteiger partial charge in [-0.2, -0.15) is 0 Å². The van der Waals surface area contributed by atoms with Crippen LogP contribution >= 0.6 is 23.5 Å². The molecule has 0 aliphatic carbocycles. The molecule has 1 amide bonds. The Morgan fingerprint density at radius 1 is 1.37 bits per heavy atom. The average molecular weight is 460 g/mol. The SMILES string of the molecule is Cn1nnnc1SCCC1(C(=O)OCOC(=O)C(C)(C)C)CN2C(=O)[C@H](CO)[C@H]2S1. The zero-order valence-electron chi connectivity index (χ0n) is 17.2. The highest BCUT2D eigenvalue weighted by Crippen LogP contribution is 2.51. The van der Waals surface area contributed by atoms with Crippen molar-refractivity contribution in [2.45, 2.75) is 42.5 Å². The van der Waals surface area contributed by atoms with E-state index in [1.807, 2.05) is 0 Å². The standard InChI is InChI=1S/C17H25N5O6S2/c1-16(2,3)13(25)27-9-28-14(26)17(5-6-29-15-18-19-20-21(15)4)8-22-11(24)10(7-23)12(22)30-17/h10,12,23H,5-9H2,1-4H3/t10-,12+,17?/m0/s1. The number of aliphatic hydroxyl groups excluding tert-OH is 1. The molecule has 2 fully saturated rings. The predicted octanol–water partition coefficient (Wildman–Crippen LogP) is 0.0447. The number of ether oxygens (including phenoxy) is 2. The molecule has 1 aromatic rings. The van der Waals surface area contributed by atoms with Crippen molar-refractivity contribution in [3.8, 4) is 0 Å². The van der Waals surface area contributed by atoms with Gasteiger partial charge in [-0.05, 0) is 37.6 Å². The highest BCUT2D eigenvalue weighted by Gasteiger charge is 2.61. The molecular formula is C17H25N5O6S2. The minimum atomic E-state index is -1.02. The number of hydrogen-bond donors (Lipinski definition) is 1. The topological polar surface area (TPSA) is 137 Å². The first-order chi connectivity index (χ1) is 14.1. The van der Waals surface area contributed by atoms with Crippen molar-refractivity contribution >= 4 is 41.4 Å². The van der Waals surface area contributed by atoms with Gasteiger partial charge in [-0.25, -0.2) is 4.68 Å². The molecular weight excluding hydrogens is 434 g/mol. The monoisotopic (exact) mass is 459 g/mol. The minimum Gasteiger partial charge on any atom is -0.427 e. The number of carbonyl (C=O) groups is 3. The number of thioether (sulfide) groups is 2. The van der Waals surface area contributed by atoms with Crippen molar-refractivity contribution in [2.75, 3.05) is 25.7 Å². The van der Waals surface area contributed by atoms with Crippen LogP contribution in [-0.2, 0) is 30.9 Å². The van der Waals surface area contributed by atoms with Crippen LogP contribution in [0.5, 0.6) is 0 Å². The Morgan fingerprint density at radius 3 is 2.70 bits per heavy atom. The average Bonchev–Trinajstić information content (AvgIpc) is 3.24. The van der Waals surface area contributed by atoms with Gasteiger partial charge in [-0.15, -0.1) is 16.9 Å². The largest absolute Gasteiger partial charge is 0.427 e. The Bertz CT molecular complexity index is 828. The van der Waals surface area contributed by atoms with Crippen LogP contribution in [0, 0.1) is 11.3 Å². The fraction of sp³-hybridized carbons (Fsp3) is 0.765. The highest BCUT2D eigenvalue weighted by atomic mass is 32.2. The summed E-state index contributed by atoms with van der Waals surface area (Å²) in [6.45, 7) is 4.54. The smallest absolute Gasteiger partial charge is 0.327 e. The van der Waals surface area contributed by atoms with E-state index < -0.39 is 34.8 Å². The normalized spacial score (nSPS) is 25.6. The molecule has 1 N–H and O–H groups in total. The van der Waals surface area contributed by atoms with Crippen LogP contribution in [0.15, 0.2) is 5.16 Å². The number of aryl methyl sites for hydroxylation is 1. The Hall–Kier alpha value is -1.86. The Kier molecular flexibility index (Phi) is 6.63. The van der Waals surface area contributed by atoms with Crippen molar-refractivity contribution in [1.29, 1.82) is 0 Å². The molecule has 0 radical (unpaired) electrons. The second-order valence-corrected chi connectivity index (χ2v) is 10.7. The minimum absolute atomic E-state index is 0.172. The molecule has 30 heavy (non-hydrogen) atoms. The molecule has 2 aliphatic rings. The van der Waals surface area contributed by atoms with Crippen LogP contribution in [0.3, 0.4) is 0 Å². The third-order valence-corrected chi connectivity index (χ3v) is 7.69. The Labute approximate surface area is 182 Å². The maximum absolute atomic E-state index is 13.0. The van der Waals surface area contributed by atoms with E-state index in [0.717, 1.165) is 0 Å². The molecule has 3 rings (SSSR count). The highest BCUT2D eigenvalue weighted by molar-refractivity contribution is 8.02. The lowest BCUT2D eigenvalue weighted by atomic mass is 9.96. The van der Waals surface area contributed by atoms with Crippen molar-refractivity contribution in [2.24, 2.45) is 18.4 Å². The van der Waals surface area contributed by atoms with Gasteiger partial charge in [-0.3, -0.25) is 14.4 Å². The van der Waals surface area contributed by atoms with E-state index in [-0.39, 0.29) is 24.4 Å². The van der Waals surface area contributed by atoms with Gasteiger partial charge in [0.2, 0.25) is 17.9 Å². The zero-order chi connectivity index (χ0) is 22.1. The van der Waals surface area contributed by atoms with Crippen molar-refractivity contribution in [3.63, 3.8) is 0 Å². The summed E-state index contributed by atoms with van der Waals surface area (Å²) in [6.07, 6.45) is 0.389. The van der Waals surface area contributed by atoms with Crippen LogP contribution in [0.1, 0.15) is 27.2 Å². The molecule has 13 heteroatoms. The van der Waals surface area contributed by atoms with Crippen molar-refractivity contribution < 1.29 is 29.0 Å². The quantitative estimate of drug-likeness (QED) is 0.244. The number of β-lactam (4-membered cyclic amide) rings is 1. The Morgan fingerprint density at radius 2 is 2.10 bits per heavy atom. The van der Waals surface area contributed by atoms with E-state index in [1.54, 1.807) is 32.7 Å². The van der Waals surface area contributed by atoms with Gasteiger partial charge in [0.05, 0.1) is 23.3 Å². The summed E-state index contributed by atoms with van der Waals surface area (Å²) < 4.78 is 10.8. The van der Waals surface area contributed by atoms with Gasteiger partial charge in [0, 0.05) is 19.3 Å². The van der Waals surface area contributed by atoms with Gasteiger partial charge in [0.25, 0.3) is 0 Å². The molecule has 0 bridgehead atoms. The lowest BCUT2D eigenvalue weighted by Gasteiger charge is -2.40. The van der Waals surface area contributed by atoms with Crippen LogP contribution < -0.4 is 0 Å². The fourth-order valence-electron chi connectivity index (χ4n) is 3.11. The predicted molar refractivity (Wildman–Crippen MR) is 107 cm³/mol. The number of carbonyl (C=O) groups excluding carboxylic acids is 3. The molecule has 3 heterocycles. The van der Waals surface area contributed by atoms with E-state index in [2.05, 4.69) is 15.5 Å². The number of aliphatic hydroxyl groups is 1. The third-order valence-electron chi connectivity index (χ3n) is 4.90. The first-order valence-electron chi connectivity index (χ1n) is 9.38. The summed E-state index contributed by atoms with van der Waals surface area (Å²) in [6, 6.07) is 0. The number of nitrogens with zero attached hydrogens (tertiary/aromatic N) is 5. The second-order valence-electron chi connectivity index (χ2n) is 8.17. The van der Waals surface area contributed by atoms with Crippen LogP contribution in [-0.4, -0.2) is 83.9 Å².